The number of carbonyl (C=O) groups excluding carboxylic acids is 4. The summed E-state index contributed by atoms with van der Waals surface area (Å²) < 4.78 is 5.31. The van der Waals surface area contributed by atoms with Crippen LogP contribution in [-0.4, -0.2) is 53.8 Å². The quantitative estimate of drug-likeness (QED) is 0.218. The number of hydrogen-bond acceptors (Lipinski definition) is 5. The van der Waals surface area contributed by atoms with E-state index < -0.39 is 23.7 Å². The first-order valence-electron chi connectivity index (χ1n) is 13.0. The predicted octanol–water partition coefficient (Wildman–Crippen LogP) is 3.27. The maximum absolute atomic E-state index is 13.2. The van der Waals surface area contributed by atoms with Crippen LogP contribution in [0.25, 0.3) is 0 Å². The molecule has 0 aromatic heterocycles. The van der Waals surface area contributed by atoms with Crippen molar-refractivity contribution in [2.45, 2.75) is 124 Å². The van der Waals surface area contributed by atoms with Gasteiger partial charge in [-0.25, -0.2) is 0 Å². The molecule has 1 aliphatic heterocycles. The third-order valence-corrected chi connectivity index (χ3v) is 6.19. The molecule has 1 rings (SSSR count). The molecule has 1 fully saturated rings. The van der Waals surface area contributed by atoms with Crippen LogP contribution in [0.2, 0.25) is 0 Å². The van der Waals surface area contributed by atoms with E-state index in [0.717, 1.165) is 32.1 Å². The molecule has 0 aromatic rings. The number of amides is 3. The van der Waals surface area contributed by atoms with E-state index in [9.17, 15) is 19.2 Å². The summed E-state index contributed by atoms with van der Waals surface area (Å²) in [7, 11) is 0. The van der Waals surface area contributed by atoms with E-state index in [1.165, 1.54) is 0 Å². The van der Waals surface area contributed by atoms with Crippen molar-refractivity contribution in [3.05, 3.63) is 0 Å². The molecule has 1 saturated heterocycles. The van der Waals surface area contributed by atoms with Crippen molar-refractivity contribution in [2.24, 2.45) is 11.8 Å². The molecule has 0 aromatic carbocycles. The lowest BCUT2D eigenvalue weighted by Gasteiger charge is -2.27. The summed E-state index contributed by atoms with van der Waals surface area (Å²) in [6, 6.07) is -2.17. The summed E-state index contributed by atoms with van der Waals surface area (Å²) >= 11 is 0. The van der Waals surface area contributed by atoms with E-state index in [-0.39, 0.29) is 35.3 Å². The van der Waals surface area contributed by atoms with E-state index >= 15 is 0 Å². The molecular weight excluding hydrogens is 434 g/mol. The monoisotopic (exact) mass is 481 g/mol. The lowest BCUT2D eigenvalue weighted by atomic mass is 9.93. The van der Waals surface area contributed by atoms with Crippen LogP contribution < -0.4 is 16.0 Å². The molecule has 0 radical (unpaired) electrons. The predicted molar refractivity (Wildman–Crippen MR) is 133 cm³/mol. The number of hydrogen-bond donors (Lipinski definition) is 3. The minimum atomic E-state index is -0.834. The van der Waals surface area contributed by atoms with Crippen LogP contribution in [0.4, 0.5) is 0 Å². The van der Waals surface area contributed by atoms with Gasteiger partial charge in [0.25, 0.3) is 0 Å². The third kappa shape index (κ3) is 10.1. The summed E-state index contributed by atoms with van der Waals surface area (Å²) in [5.41, 5.74) is -0.834. The SMILES string of the molecule is CCCCCC(=O)NC(C(=O)NC(CCCC)C(=O)NC(CC(C)C)C(=O)[C@@]1(C)CO1)C(C)C. The Morgan fingerprint density at radius 3 is 1.94 bits per heavy atom. The van der Waals surface area contributed by atoms with Gasteiger partial charge in [-0.2, -0.15) is 0 Å². The second-order valence-electron chi connectivity index (χ2n) is 10.5. The molecule has 4 atom stereocenters. The second-order valence-corrected chi connectivity index (χ2v) is 10.5. The van der Waals surface area contributed by atoms with Crippen LogP contribution in [0, 0.1) is 11.8 Å². The number of epoxide rings is 1. The van der Waals surface area contributed by atoms with Gasteiger partial charge in [0.2, 0.25) is 17.7 Å². The Balaban J connectivity index is 2.89. The number of rotatable bonds is 17. The highest BCUT2D eigenvalue weighted by Gasteiger charge is 2.50. The van der Waals surface area contributed by atoms with E-state index in [4.69, 9.17) is 4.74 Å². The van der Waals surface area contributed by atoms with Crippen molar-refractivity contribution in [2.75, 3.05) is 6.61 Å². The van der Waals surface area contributed by atoms with Crippen LogP contribution >= 0.6 is 0 Å². The molecule has 0 spiro atoms. The van der Waals surface area contributed by atoms with Gasteiger partial charge in [0, 0.05) is 6.42 Å². The lowest BCUT2D eigenvalue weighted by Crippen LogP contribution is -2.57. The zero-order valence-corrected chi connectivity index (χ0v) is 22.3. The second kappa shape index (κ2) is 14.4. The van der Waals surface area contributed by atoms with Crippen molar-refractivity contribution in [3.8, 4) is 0 Å². The molecule has 1 heterocycles. The van der Waals surface area contributed by atoms with Crippen LogP contribution in [0.5, 0.6) is 0 Å². The van der Waals surface area contributed by atoms with Gasteiger partial charge in [-0.3, -0.25) is 19.2 Å². The number of unbranched alkanes of at least 4 members (excludes halogenated alkanes) is 3. The smallest absolute Gasteiger partial charge is 0.243 e. The average molecular weight is 482 g/mol. The molecule has 0 saturated carbocycles. The number of ether oxygens (including phenoxy) is 1. The summed E-state index contributed by atoms with van der Waals surface area (Å²) in [6.07, 6.45) is 5.71. The summed E-state index contributed by atoms with van der Waals surface area (Å²) in [5, 5.41) is 8.57. The van der Waals surface area contributed by atoms with Crippen molar-refractivity contribution in [1.82, 2.24) is 16.0 Å². The van der Waals surface area contributed by atoms with E-state index in [1.54, 1.807) is 6.92 Å². The largest absolute Gasteiger partial charge is 0.361 e. The van der Waals surface area contributed by atoms with Gasteiger partial charge >= 0.3 is 0 Å². The van der Waals surface area contributed by atoms with E-state index in [0.29, 0.717) is 25.9 Å². The van der Waals surface area contributed by atoms with Gasteiger partial charge in [-0.05, 0) is 38.0 Å². The van der Waals surface area contributed by atoms with Crippen LogP contribution in [0.15, 0.2) is 0 Å². The van der Waals surface area contributed by atoms with Crippen LogP contribution in [0.3, 0.4) is 0 Å². The highest BCUT2D eigenvalue weighted by Crippen LogP contribution is 2.29. The Labute approximate surface area is 205 Å². The summed E-state index contributed by atoms with van der Waals surface area (Å²) in [4.78, 5) is 51.6. The molecule has 1 aliphatic rings. The maximum atomic E-state index is 13.2. The van der Waals surface area contributed by atoms with Gasteiger partial charge < -0.3 is 20.7 Å². The zero-order valence-electron chi connectivity index (χ0n) is 22.3. The molecule has 3 amide bonds. The Morgan fingerprint density at radius 1 is 0.853 bits per heavy atom. The summed E-state index contributed by atoms with van der Waals surface area (Å²) in [6.45, 7) is 13.9. The number of carbonyl (C=O) groups is 4. The molecule has 3 N–H and O–H groups in total. The van der Waals surface area contributed by atoms with Gasteiger partial charge in [-0.15, -0.1) is 0 Å². The standard InChI is InChI=1S/C26H47N3O5/c1-8-10-12-14-21(30)29-22(18(5)6)25(33)27-19(13-11-9-2)24(32)28-20(15-17(3)4)23(31)26(7)16-34-26/h17-20,22H,8-16H2,1-7H3,(H,27,33)(H,28,32)(H,29,30)/t19?,20?,22?,26-/m1/s1. The number of Topliss-reactive ketones (excluding diaryl/α,β-unsaturated/α-hetero) is 1. The fourth-order valence-electron chi connectivity index (χ4n) is 3.85. The fraction of sp³-hybridized carbons (Fsp3) is 0.846. The Bertz CT molecular complexity index is 688. The molecular formula is C26H47N3O5. The number of ketones is 1. The number of nitrogens with one attached hydrogen (secondary N) is 3. The van der Waals surface area contributed by atoms with Crippen LogP contribution in [0.1, 0.15) is 99.8 Å². The highest BCUT2D eigenvalue weighted by atomic mass is 16.6. The van der Waals surface area contributed by atoms with Crippen LogP contribution in [-0.2, 0) is 23.9 Å². The maximum Gasteiger partial charge on any atom is 0.243 e. The molecule has 8 heteroatoms. The molecule has 0 bridgehead atoms. The zero-order chi connectivity index (χ0) is 25.9. The summed E-state index contributed by atoms with van der Waals surface area (Å²) in [5.74, 6) is -0.964. The minimum Gasteiger partial charge on any atom is -0.361 e. The fourth-order valence-corrected chi connectivity index (χ4v) is 3.85. The minimum absolute atomic E-state index is 0.130. The van der Waals surface area contributed by atoms with Crippen molar-refractivity contribution in [3.63, 3.8) is 0 Å². The van der Waals surface area contributed by atoms with Gasteiger partial charge in [0.05, 0.1) is 12.6 Å². The van der Waals surface area contributed by atoms with E-state index in [2.05, 4.69) is 22.9 Å². The van der Waals surface area contributed by atoms with Gasteiger partial charge in [0.15, 0.2) is 5.78 Å². The van der Waals surface area contributed by atoms with Gasteiger partial charge in [0.1, 0.15) is 17.7 Å². The molecule has 34 heavy (non-hydrogen) atoms. The topological polar surface area (TPSA) is 117 Å². The normalized spacial score (nSPS) is 19.9. The Morgan fingerprint density at radius 2 is 1.44 bits per heavy atom. The molecule has 3 unspecified atom stereocenters. The Kier molecular flexibility index (Phi) is 12.8. The first-order valence-corrected chi connectivity index (χ1v) is 13.0. The average Bonchev–Trinajstić information content (AvgIpc) is 3.51. The van der Waals surface area contributed by atoms with Crippen molar-refractivity contribution < 1.29 is 23.9 Å². The molecule has 196 valence electrons. The van der Waals surface area contributed by atoms with E-state index in [1.807, 2.05) is 34.6 Å². The highest BCUT2D eigenvalue weighted by molar-refractivity contribution is 5.98. The Hall–Kier alpha value is -1.96. The first kappa shape index (κ1) is 30.1. The van der Waals surface area contributed by atoms with Crippen molar-refractivity contribution in [1.29, 1.82) is 0 Å². The van der Waals surface area contributed by atoms with Gasteiger partial charge in [-0.1, -0.05) is 67.2 Å². The third-order valence-electron chi connectivity index (χ3n) is 6.19. The van der Waals surface area contributed by atoms with Crippen molar-refractivity contribution >= 4 is 23.5 Å². The lowest BCUT2D eigenvalue weighted by molar-refractivity contribution is -0.135. The molecule has 8 nitrogen and oxygen atoms in total. The first-order chi connectivity index (χ1) is 15.9. The molecule has 0 aliphatic carbocycles.